The first kappa shape index (κ1) is 39.5. The van der Waals surface area contributed by atoms with E-state index >= 15 is 0 Å². The van der Waals surface area contributed by atoms with E-state index in [0.717, 1.165) is 77.3 Å². The summed E-state index contributed by atoms with van der Waals surface area (Å²) in [5.74, 6) is 0.492. The number of rotatable bonds is 11. The lowest BCUT2D eigenvalue weighted by molar-refractivity contribution is -0.141. The molecule has 0 bridgehead atoms. The third-order valence-corrected chi connectivity index (χ3v) is 14.8. The molecule has 6 aromatic rings. The standard InChI is InChI=1S/C47H52N8O5S/c1-26(2)43(46(59)54-22-33(56)16-39(54)45(58)49-27(3)29-12-14-30(15-13-29)44-28(4)48-25-61-44)41-19-42(52-60-41)53-23-47(24-53)20-31(21-47)37-18-36-38(55(37)32-8-7-9-32)17-35(50-51-36)34-10-5-6-11-40(34)57/h5-6,10-15,17-19,25-27,31-33,39,43,56-57H,7-9,16,20-24H2,1-4H3,(H,49,58)/t27-,33+,39-,43?/m0/s1. The lowest BCUT2D eigenvalue weighted by Gasteiger charge is -2.59. The van der Waals surface area contributed by atoms with E-state index in [0.29, 0.717) is 29.0 Å². The number of phenols is 1. The van der Waals surface area contributed by atoms with Crippen molar-refractivity contribution in [1.82, 2.24) is 35.1 Å². The Morgan fingerprint density at radius 3 is 2.46 bits per heavy atom. The van der Waals surface area contributed by atoms with Crippen molar-refractivity contribution in [2.45, 2.75) is 102 Å². The highest BCUT2D eigenvalue weighted by atomic mass is 32.1. The molecule has 13 nitrogen and oxygen atoms in total. The smallest absolute Gasteiger partial charge is 0.243 e. The number of amides is 2. The fourth-order valence-corrected chi connectivity index (χ4v) is 11.1. The van der Waals surface area contributed by atoms with Gasteiger partial charge < -0.3 is 34.4 Å². The molecule has 1 unspecified atom stereocenters. The van der Waals surface area contributed by atoms with E-state index in [1.54, 1.807) is 17.4 Å². The second-order valence-electron chi connectivity index (χ2n) is 18.3. The summed E-state index contributed by atoms with van der Waals surface area (Å²) in [6.07, 6.45) is 5.04. The van der Waals surface area contributed by atoms with Gasteiger partial charge in [0.1, 0.15) is 23.2 Å². The number of hydrogen-bond acceptors (Lipinski definition) is 11. The van der Waals surface area contributed by atoms with Crippen LogP contribution in [0.5, 0.6) is 5.75 Å². The maximum atomic E-state index is 14.4. The van der Waals surface area contributed by atoms with Crippen LogP contribution < -0.4 is 10.2 Å². The summed E-state index contributed by atoms with van der Waals surface area (Å²) in [5.41, 5.74) is 9.72. The van der Waals surface area contributed by atoms with Gasteiger partial charge in [0.2, 0.25) is 11.8 Å². The van der Waals surface area contributed by atoms with Crippen molar-refractivity contribution in [2.24, 2.45) is 11.3 Å². The molecule has 316 valence electrons. The number of aliphatic hydroxyl groups is 1. The number of phenolic OH excluding ortho intramolecular Hbond substituents is 1. The molecule has 4 aromatic heterocycles. The van der Waals surface area contributed by atoms with Gasteiger partial charge >= 0.3 is 0 Å². The van der Waals surface area contributed by atoms with Gasteiger partial charge in [-0.1, -0.05) is 55.4 Å². The van der Waals surface area contributed by atoms with E-state index in [-0.39, 0.29) is 47.9 Å². The molecule has 1 spiro atoms. The predicted octanol–water partition coefficient (Wildman–Crippen LogP) is 7.91. The quantitative estimate of drug-likeness (QED) is 0.117. The third kappa shape index (κ3) is 7.07. The molecule has 2 aliphatic carbocycles. The molecule has 2 aliphatic heterocycles. The predicted molar refractivity (Wildman–Crippen MR) is 233 cm³/mol. The van der Waals surface area contributed by atoms with Crippen LogP contribution in [-0.4, -0.2) is 83.6 Å². The van der Waals surface area contributed by atoms with Crippen molar-refractivity contribution in [3.63, 3.8) is 0 Å². The molecule has 14 heteroatoms. The summed E-state index contributed by atoms with van der Waals surface area (Å²) in [4.78, 5) is 37.4. The number of thiazole rings is 1. The highest BCUT2D eigenvalue weighted by Crippen LogP contribution is 2.58. The van der Waals surface area contributed by atoms with Gasteiger partial charge in [0, 0.05) is 60.8 Å². The van der Waals surface area contributed by atoms with Crippen LogP contribution in [-0.2, 0) is 9.59 Å². The number of aliphatic hydroxyl groups excluding tert-OH is 1. The lowest BCUT2D eigenvalue weighted by atomic mass is 9.57. The fourth-order valence-electron chi connectivity index (χ4n) is 10.3. The normalized spacial score (nSPS) is 21.1. The van der Waals surface area contributed by atoms with Gasteiger partial charge in [-0.05, 0) is 87.3 Å². The van der Waals surface area contributed by atoms with Crippen molar-refractivity contribution in [1.29, 1.82) is 0 Å². The summed E-state index contributed by atoms with van der Waals surface area (Å²) >= 11 is 1.60. The zero-order valence-corrected chi connectivity index (χ0v) is 35.8. The summed E-state index contributed by atoms with van der Waals surface area (Å²) < 4.78 is 8.44. The molecule has 4 atom stereocenters. The van der Waals surface area contributed by atoms with Crippen LogP contribution in [0.3, 0.4) is 0 Å². The maximum Gasteiger partial charge on any atom is 0.243 e. The number of carbonyl (C=O) groups is 2. The number of anilines is 1. The summed E-state index contributed by atoms with van der Waals surface area (Å²) in [6.45, 7) is 9.68. The topological polar surface area (TPSA) is 163 Å². The Morgan fingerprint density at radius 1 is 1.00 bits per heavy atom. The second kappa shape index (κ2) is 15.4. The zero-order valence-electron chi connectivity index (χ0n) is 35.0. The second-order valence-corrected chi connectivity index (χ2v) is 19.2. The molecule has 4 fully saturated rings. The summed E-state index contributed by atoms with van der Waals surface area (Å²) in [7, 11) is 0. The van der Waals surface area contributed by atoms with E-state index in [1.165, 1.54) is 17.0 Å². The number of nitrogens with one attached hydrogen (secondary N) is 1. The van der Waals surface area contributed by atoms with Gasteiger partial charge in [-0.15, -0.1) is 21.5 Å². The number of carbonyl (C=O) groups excluding carboxylic acids is 2. The number of para-hydroxylation sites is 1. The number of β-amino-alcohol motifs (C(OH)–C–C–N with tert-alkyl or cyclic N) is 1. The first-order valence-electron chi connectivity index (χ1n) is 21.6. The SMILES string of the molecule is Cc1ncsc1-c1ccc([C@H](C)NC(=O)[C@@H]2C[C@@H](O)CN2C(=O)C(c2cc(N3CC4(CC(c5cc6nnc(-c7ccccc7O)cc6n5C5CCC5)C4)C3)no2)C(C)C)cc1. The lowest BCUT2D eigenvalue weighted by Crippen LogP contribution is -2.62. The highest BCUT2D eigenvalue weighted by Gasteiger charge is 2.54. The third-order valence-electron chi connectivity index (χ3n) is 13.8. The number of benzene rings is 2. The Balaban J connectivity index is 0.792. The van der Waals surface area contributed by atoms with Crippen LogP contribution in [0.4, 0.5) is 5.82 Å². The number of fused-ring (bicyclic) bond motifs is 1. The molecule has 6 heterocycles. The first-order chi connectivity index (χ1) is 29.4. The maximum absolute atomic E-state index is 14.4. The number of aromatic hydroxyl groups is 1. The minimum atomic E-state index is -0.803. The average molecular weight is 841 g/mol. The monoisotopic (exact) mass is 840 g/mol. The van der Waals surface area contributed by atoms with Crippen molar-refractivity contribution < 1.29 is 24.3 Å². The van der Waals surface area contributed by atoms with E-state index in [1.807, 2.05) is 81.7 Å². The first-order valence-corrected chi connectivity index (χ1v) is 22.5. The van der Waals surface area contributed by atoms with Crippen LogP contribution >= 0.6 is 11.3 Å². The average Bonchev–Trinajstić information content (AvgIpc) is 4.00. The molecule has 61 heavy (non-hydrogen) atoms. The van der Waals surface area contributed by atoms with Crippen LogP contribution in [0.15, 0.2) is 76.8 Å². The number of aromatic nitrogens is 5. The number of likely N-dealkylation sites (tertiary alicyclic amines) is 1. The Labute approximate surface area is 358 Å². The molecule has 3 N–H and O–H groups in total. The molecule has 0 radical (unpaired) electrons. The van der Waals surface area contributed by atoms with Gasteiger partial charge in [-0.25, -0.2) is 4.98 Å². The van der Waals surface area contributed by atoms with Crippen molar-refractivity contribution in [2.75, 3.05) is 24.5 Å². The number of nitrogens with zero attached hydrogens (tertiary/aromatic N) is 7. The van der Waals surface area contributed by atoms with Crippen LogP contribution in [0.25, 0.3) is 32.7 Å². The molecule has 2 aromatic carbocycles. The van der Waals surface area contributed by atoms with E-state index < -0.39 is 18.1 Å². The fraction of sp³-hybridized carbons (Fsp3) is 0.447. The van der Waals surface area contributed by atoms with E-state index in [2.05, 4.69) is 47.3 Å². The Morgan fingerprint density at radius 2 is 1.77 bits per heavy atom. The molecule has 2 saturated carbocycles. The minimum Gasteiger partial charge on any atom is -0.507 e. The van der Waals surface area contributed by atoms with E-state index in [9.17, 15) is 19.8 Å². The van der Waals surface area contributed by atoms with Crippen molar-refractivity contribution in [3.8, 4) is 27.4 Å². The van der Waals surface area contributed by atoms with Gasteiger partial charge in [0.25, 0.3) is 0 Å². The Hall–Kier alpha value is -5.60. The van der Waals surface area contributed by atoms with Crippen LogP contribution in [0.1, 0.15) is 106 Å². The van der Waals surface area contributed by atoms with Gasteiger partial charge in [0.05, 0.1) is 39.4 Å². The Bertz CT molecular complexity index is 2600. The molecule has 4 aliphatic rings. The highest BCUT2D eigenvalue weighted by molar-refractivity contribution is 7.13. The molecular weight excluding hydrogens is 789 g/mol. The zero-order chi connectivity index (χ0) is 42.2. The van der Waals surface area contributed by atoms with Crippen LogP contribution in [0.2, 0.25) is 0 Å². The van der Waals surface area contributed by atoms with Gasteiger partial charge in [-0.3, -0.25) is 9.59 Å². The Kier molecular flexibility index (Phi) is 9.97. The van der Waals surface area contributed by atoms with Crippen LogP contribution in [0, 0.1) is 18.3 Å². The summed E-state index contributed by atoms with van der Waals surface area (Å²) in [6, 6.07) is 20.9. The number of aryl methyl sites for hydroxylation is 1. The minimum absolute atomic E-state index is 0.0816. The van der Waals surface area contributed by atoms with Crippen molar-refractivity contribution in [3.05, 3.63) is 95.0 Å². The molecule has 10 rings (SSSR count). The number of hydrogen-bond donors (Lipinski definition) is 3. The van der Waals surface area contributed by atoms with Gasteiger partial charge in [0.15, 0.2) is 11.6 Å². The van der Waals surface area contributed by atoms with Gasteiger partial charge in [-0.2, -0.15) is 0 Å². The van der Waals surface area contributed by atoms with Crippen molar-refractivity contribution >= 4 is 40.0 Å². The van der Waals surface area contributed by atoms with E-state index in [4.69, 9.17) is 4.52 Å². The molecule has 2 amide bonds. The molecule has 2 saturated heterocycles. The summed E-state index contributed by atoms with van der Waals surface area (Å²) in [5, 5.41) is 38.0. The largest absolute Gasteiger partial charge is 0.507 e. The molecular formula is C47H52N8O5S.